The van der Waals surface area contributed by atoms with Crippen LogP contribution >= 0.6 is 11.8 Å². The van der Waals surface area contributed by atoms with Crippen molar-refractivity contribution in [2.45, 2.75) is 62.9 Å². The molecule has 3 heterocycles. The zero-order valence-corrected chi connectivity index (χ0v) is 27.6. The summed E-state index contributed by atoms with van der Waals surface area (Å²) in [7, 11) is 0. The van der Waals surface area contributed by atoms with Gasteiger partial charge in [-0.15, -0.1) is 11.8 Å². The number of esters is 1. The van der Waals surface area contributed by atoms with E-state index < -0.39 is 47.1 Å². The molecular weight excluding hydrogens is 633 g/mol. The summed E-state index contributed by atoms with van der Waals surface area (Å²) in [6, 6.07) is 22.8. The first-order valence-corrected chi connectivity index (χ1v) is 16.7. The molecule has 3 aromatic rings. The number of thioether (sulfide) groups is 1. The number of nitrogens with zero attached hydrogens (tertiary/aromatic N) is 2. The van der Waals surface area contributed by atoms with E-state index in [1.165, 1.54) is 22.7 Å². The van der Waals surface area contributed by atoms with E-state index in [4.69, 9.17) is 9.47 Å². The Bertz CT molecular complexity index is 1730. The molecule has 3 amide bonds. The number of β-lactam (4-membered cyclic amide) rings is 1. The van der Waals surface area contributed by atoms with Crippen LogP contribution in [-0.2, 0) is 30.4 Å². The number of rotatable bonds is 8. The van der Waals surface area contributed by atoms with Crippen molar-refractivity contribution < 1.29 is 33.0 Å². The fourth-order valence-corrected chi connectivity index (χ4v) is 7.15. The average Bonchev–Trinajstić information content (AvgIpc) is 3.41. The van der Waals surface area contributed by atoms with Crippen molar-refractivity contribution in [1.29, 1.82) is 0 Å². The predicted octanol–water partition coefficient (Wildman–Crippen LogP) is 5.88. The van der Waals surface area contributed by atoms with Crippen molar-refractivity contribution in [2.75, 3.05) is 6.54 Å². The molecule has 0 spiro atoms. The number of carbonyl (C=O) groups is 4. The summed E-state index contributed by atoms with van der Waals surface area (Å²) < 4.78 is 25.9. The smallest absolute Gasteiger partial charge is 0.408 e. The van der Waals surface area contributed by atoms with Gasteiger partial charge in [0, 0.05) is 24.2 Å². The van der Waals surface area contributed by atoms with Crippen LogP contribution in [-0.4, -0.2) is 63.3 Å². The van der Waals surface area contributed by atoms with E-state index in [0.29, 0.717) is 29.7 Å². The third-order valence-corrected chi connectivity index (χ3v) is 9.41. The molecule has 9 nitrogen and oxygen atoms in total. The molecule has 3 atom stereocenters. The van der Waals surface area contributed by atoms with Gasteiger partial charge in [-0.3, -0.25) is 9.59 Å². The minimum absolute atomic E-state index is 0.114. The van der Waals surface area contributed by atoms with E-state index in [1.54, 1.807) is 55.4 Å². The first-order chi connectivity index (χ1) is 23.0. The Balaban J connectivity index is 1.29. The van der Waals surface area contributed by atoms with E-state index in [-0.39, 0.29) is 18.3 Å². The van der Waals surface area contributed by atoms with Crippen LogP contribution < -0.4 is 5.32 Å². The molecular formula is C37H36FN3O6S. The van der Waals surface area contributed by atoms with Crippen molar-refractivity contribution in [3.63, 3.8) is 0 Å². The lowest BCUT2D eigenvalue weighted by Gasteiger charge is -2.51. The molecule has 6 rings (SSSR count). The number of nitrogens with one attached hydrogen (secondary N) is 1. The number of hydrogen-bond acceptors (Lipinski definition) is 7. The van der Waals surface area contributed by atoms with Crippen molar-refractivity contribution in [1.82, 2.24) is 15.1 Å². The summed E-state index contributed by atoms with van der Waals surface area (Å²) in [5, 5.41) is 3.78. The van der Waals surface area contributed by atoms with Gasteiger partial charge in [0.15, 0.2) is 12.1 Å². The van der Waals surface area contributed by atoms with Gasteiger partial charge in [-0.05, 0) is 61.4 Å². The maximum atomic E-state index is 14.4. The number of alkyl carbamates (subject to hydrolysis) is 1. The van der Waals surface area contributed by atoms with E-state index in [0.717, 1.165) is 11.1 Å². The lowest BCUT2D eigenvalue weighted by atomic mass is 9.95. The van der Waals surface area contributed by atoms with Gasteiger partial charge in [-0.25, -0.2) is 14.0 Å². The molecule has 3 aliphatic heterocycles. The number of ether oxygens (including phenoxy) is 2. The molecule has 11 heteroatoms. The largest absolute Gasteiger partial charge is 0.451 e. The number of fused-ring (bicyclic) bond motifs is 1. The zero-order valence-electron chi connectivity index (χ0n) is 26.8. The van der Waals surface area contributed by atoms with Gasteiger partial charge in [-0.2, -0.15) is 0 Å². The second-order valence-electron chi connectivity index (χ2n) is 12.8. The number of amides is 3. The molecule has 0 unspecified atom stereocenters. The van der Waals surface area contributed by atoms with E-state index in [2.05, 4.69) is 5.32 Å². The minimum Gasteiger partial charge on any atom is -0.451 e. The fourth-order valence-electron chi connectivity index (χ4n) is 5.96. The first-order valence-electron chi connectivity index (χ1n) is 15.7. The summed E-state index contributed by atoms with van der Waals surface area (Å²) in [6.45, 7) is 5.67. The first kappa shape index (κ1) is 33.0. The highest BCUT2D eigenvalue weighted by atomic mass is 32.2. The normalized spacial score (nSPS) is 21.5. The molecule has 0 saturated carbocycles. The minimum atomic E-state index is -1.18. The van der Waals surface area contributed by atoms with Crippen LogP contribution in [0.3, 0.4) is 0 Å². The van der Waals surface area contributed by atoms with Crippen molar-refractivity contribution in [2.24, 2.45) is 0 Å². The molecule has 3 aliphatic rings. The van der Waals surface area contributed by atoms with Crippen molar-refractivity contribution in [3.8, 4) is 0 Å². The van der Waals surface area contributed by atoms with Gasteiger partial charge in [0.05, 0.1) is 0 Å². The third kappa shape index (κ3) is 7.01. The Morgan fingerprint density at radius 2 is 1.60 bits per heavy atom. The number of likely N-dealkylation sites (tertiary alicyclic amines) is 1. The summed E-state index contributed by atoms with van der Waals surface area (Å²) in [6.07, 6.45) is 0.518. The highest BCUT2D eigenvalue weighted by Crippen LogP contribution is 2.42. The molecule has 0 radical (unpaired) electrons. The maximum Gasteiger partial charge on any atom is 0.408 e. The summed E-state index contributed by atoms with van der Waals surface area (Å²) in [5.41, 5.74) is 1.99. The molecule has 1 N–H and O–H groups in total. The molecule has 0 aliphatic carbocycles. The van der Waals surface area contributed by atoms with Gasteiger partial charge < -0.3 is 24.6 Å². The Morgan fingerprint density at radius 1 is 0.979 bits per heavy atom. The van der Waals surface area contributed by atoms with Crippen LogP contribution in [0.4, 0.5) is 9.18 Å². The Morgan fingerprint density at radius 3 is 2.23 bits per heavy atom. The van der Waals surface area contributed by atoms with Crippen LogP contribution in [0.5, 0.6) is 0 Å². The van der Waals surface area contributed by atoms with Crippen LogP contribution in [0.2, 0.25) is 0 Å². The van der Waals surface area contributed by atoms with Gasteiger partial charge >= 0.3 is 12.1 Å². The molecule has 2 fully saturated rings. The topological polar surface area (TPSA) is 105 Å². The van der Waals surface area contributed by atoms with Gasteiger partial charge in [-0.1, -0.05) is 78.9 Å². The van der Waals surface area contributed by atoms with Gasteiger partial charge in [0.2, 0.25) is 11.8 Å². The van der Waals surface area contributed by atoms with E-state index in [9.17, 15) is 23.6 Å². The molecule has 3 aromatic carbocycles. The quantitative estimate of drug-likeness (QED) is 0.182. The second-order valence-corrected chi connectivity index (χ2v) is 13.8. The van der Waals surface area contributed by atoms with Gasteiger partial charge in [0.25, 0.3) is 0 Å². The lowest BCUT2D eigenvalue weighted by Crippen LogP contribution is -2.74. The molecule has 2 saturated heterocycles. The van der Waals surface area contributed by atoms with Crippen LogP contribution in [0.1, 0.15) is 50.0 Å². The predicted molar refractivity (Wildman–Crippen MR) is 179 cm³/mol. The fraction of sp³-hybridized carbons (Fsp3) is 0.297. The third-order valence-electron chi connectivity index (χ3n) is 8.22. The maximum absolute atomic E-state index is 14.4. The number of benzene rings is 3. The van der Waals surface area contributed by atoms with Crippen molar-refractivity contribution in [3.05, 3.63) is 130 Å². The molecule has 248 valence electrons. The van der Waals surface area contributed by atoms with Crippen LogP contribution in [0.25, 0.3) is 0 Å². The average molecular weight is 670 g/mol. The Hall–Kier alpha value is -4.90. The monoisotopic (exact) mass is 669 g/mol. The number of halogens is 1. The molecule has 0 aromatic heterocycles. The second kappa shape index (κ2) is 13.7. The van der Waals surface area contributed by atoms with E-state index in [1.807, 2.05) is 60.7 Å². The van der Waals surface area contributed by atoms with Crippen LogP contribution in [0, 0.1) is 5.82 Å². The SMILES string of the molecule is CC(C)(C)OC(=O)N[C@@H]1C(=O)N2[C@@H](C(=O)OC(c3ccccc3)c3ccccc3)C(/C=C3\CCN(Cc4ccccc4F)C3=O)=CS[C@H]12. The molecule has 48 heavy (non-hydrogen) atoms. The summed E-state index contributed by atoms with van der Waals surface area (Å²) in [4.78, 5) is 56.9. The van der Waals surface area contributed by atoms with Crippen molar-refractivity contribution >= 4 is 35.6 Å². The highest BCUT2D eigenvalue weighted by Gasteiger charge is 2.56. The van der Waals surface area contributed by atoms with E-state index >= 15 is 0 Å². The standard InChI is InChI=1S/C37H36FN3O6S/c1-37(2,3)47-36(45)39-29-33(43)41-30(35(44)46-31(23-12-6-4-7-13-23)24-14-8-5-9-15-24)27(22-48-34(29)41)20-25-18-19-40(32(25)42)21-26-16-10-11-17-28(26)38/h4-17,20,22,29-31,34H,18-19,21H2,1-3H3,(H,39,45)/b25-20+/t29-,30-,34-/m1/s1. The lowest BCUT2D eigenvalue weighted by molar-refractivity contribution is -0.164. The zero-order chi connectivity index (χ0) is 34.0. The van der Waals surface area contributed by atoms with Gasteiger partial charge in [0.1, 0.15) is 22.8 Å². The highest BCUT2D eigenvalue weighted by molar-refractivity contribution is 8.03. The number of carbonyl (C=O) groups excluding carboxylic acids is 4. The van der Waals surface area contributed by atoms with Crippen LogP contribution in [0.15, 0.2) is 108 Å². The summed E-state index contributed by atoms with van der Waals surface area (Å²) >= 11 is 1.26. The summed E-state index contributed by atoms with van der Waals surface area (Å²) in [5.74, 6) is -1.82. The Labute approximate surface area is 282 Å². The number of hydrogen-bond donors (Lipinski definition) is 1. The Kier molecular flexibility index (Phi) is 9.41. The molecule has 0 bridgehead atoms.